The maximum absolute atomic E-state index is 9.66. The van der Waals surface area contributed by atoms with Crippen molar-refractivity contribution >= 4 is 0 Å². The predicted octanol–water partition coefficient (Wildman–Crippen LogP) is -5.19. The molecule has 8 atom stereocenters. The van der Waals surface area contributed by atoms with Gasteiger partial charge < -0.3 is 45.6 Å². The van der Waals surface area contributed by atoms with Crippen LogP contribution in [0.25, 0.3) is 0 Å². The van der Waals surface area contributed by atoms with Crippen molar-refractivity contribution in [2.75, 3.05) is 19.8 Å². The molecule has 0 aromatic heterocycles. The summed E-state index contributed by atoms with van der Waals surface area (Å²) in [7, 11) is 0. The van der Waals surface area contributed by atoms with Crippen molar-refractivity contribution in [1.29, 1.82) is 0 Å². The van der Waals surface area contributed by atoms with Gasteiger partial charge in [-0.15, -0.1) is 0 Å². The molecule has 132 valence electrons. The SMILES string of the molecule is OCC1O[C@H](OO[C@H](CO)[C@H](O)C(O)CO)[C@@H](O)C(O)[C@@H]1O. The first-order chi connectivity index (χ1) is 10.4. The third-order valence-corrected chi connectivity index (χ3v) is 3.26. The first kappa shape index (κ1) is 19.6. The highest BCUT2D eigenvalue weighted by Gasteiger charge is 2.45. The Balaban J connectivity index is 2.61. The highest BCUT2D eigenvalue weighted by molar-refractivity contribution is 4.88. The smallest absolute Gasteiger partial charge is 0.220 e. The summed E-state index contributed by atoms with van der Waals surface area (Å²) in [5, 5.41) is 74.3. The summed E-state index contributed by atoms with van der Waals surface area (Å²) >= 11 is 0. The van der Waals surface area contributed by atoms with Gasteiger partial charge in [-0.3, -0.25) is 0 Å². The van der Waals surface area contributed by atoms with Crippen molar-refractivity contribution in [2.24, 2.45) is 0 Å². The Hall–Kier alpha value is -0.440. The van der Waals surface area contributed by atoms with Crippen molar-refractivity contribution < 1.29 is 55.4 Å². The number of aliphatic hydroxyl groups is 8. The molecule has 0 aromatic rings. The zero-order valence-electron chi connectivity index (χ0n) is 11.5. The van der Waals surface area contributed by atoms with Gasteiger partial charge in [0.05, 0.1) is 19.8 Å². The fourth-order valence-corrected chi connectivity index (χ4v) is 1.82. The summed E-state index contributed by atoms with van der Waals surface area (Å²) in [6.07, 6.45) is -12.6. The van der Waals surface area contributed by atoms with E-state index in [1.807, 2.05) is 0 Å². The molecule has 1 aliphatic heterocycles. The van der Waals surface area contributed by atoms with Crippen molar-refractivity contribution in [3.8, 4) is 0 Å². The van der Waals surface area contributed by atoms with Gasteiger partial charge in [0.1, 0.15) is 42.7 Å². The van der Waals surface area contributed by atoms with E-state index in [-0.39, 0.29) is 0 Å². The van der Waals surface area contributed by atoms with E-state index in [4.69, 9.17) is 20.1 Å². The van der Waals surface area contributed by atoms with Crippen molar-refractivity contribution in [1.82, 2.24) is 0 Å². The van der Waals surface area contributed by atoms with Gasteiger partial charge in [0.2, 0.25) is 6.29 Å². The summed E-state index contributed by atoms with van der Waals surface area (Å²) in [6, 6.07) is 0. The Kier molecular flexibility index (Phi) is 8.02. The Morgan fingerprint density at radius 1 is 0.909 bits per heavy atom. The third kappa shape index (κ3) is 4.53. The van der Waals surface area contributed by atoms with Crippen LogP contribution in [0.2, 0.25) is 0 Å². The van der Waals surface area contributed by atoms with E-state index in [0.717, 1.165) is 0 Å². The minimum atomic E-state index is -1.72. The van der Waals surface area contributed by atoms with Gasteiger partial charge in [0.15, 0.2) is 0 Å². The summed E-state index contributed by atoms with van der Waals surface area (Å²) in [4.78, 5) is 9.28. The fraction of sp³-hybridized carbons (Fsp3) is 1.00. The van der Waals surface area contributed by atoms with Gasteiger partial charge >= 0.3 is 0 Å². The zero-order chi connectivity index (χ0) is 16.9. The van der Waals surface area contributed by atoms with Crippen LogP contribution < -0.4 is 0 Å². The number of hydrogen-bond acceptors (Lipinski definition) is 11. The van der Waals surface area contributed by atoms with E-state index in [2.05, 4.69) is 9.78 Å². The van der Waals surface area contributed by atoms with E-state index in [9.17, 15) is 25.5 Å². The summed E-state index contributed by atoms with van der Waals surface area (Å²) < 4.78 is 4.96. The van der Waals surface area contributed by atoms with E-state index < -0.39 is 68.8 Å². The van der Waals surface area contributed by atoms with Crippen LogP contribution in [0, 0.1) is 0 Å². The Morgan fingerprint density at radius 3 is 2.05 bits per heavy atom. The Bertz CT molecular complexity index is 314. The number of ether oxygens (including phenoxy) is 1. The first-order valence-corrected chi connectivity index (χ1v) is 6.57. The number of aliphatic hydroxyl groups excluding tert-OH is 8. The second-order valence-electron chi connectivity index (χ2n) is 4.85. The van der Waals surface area contributed by atoms with Crippen LogP contribution in [0.1, 0.15) is 0 Å². The second-order valence-corrected chi connectivity index (χ2v) is 4.85. The monoisotopic (exact) mass is 330 g/mol. The van der Waals surface area contributed by atoms with Crippen LogP contribution in [-0.2, 0) is 14.5 Å². The number of rotatable bonds is 8. The average Bonchev–Trinajstić information content (AvgIpc) is 2.53. The normalized spacial score (nSPS) is 36.8. The molecule has 11 heteroatoms. The van der Waals surface area contributed by atoms with Gasteiger partial charge in [-0.1, -0.05) is 0 Å². The lowest BCUT2D eigenvalue weighted by Gasteiger charge is -2.39. The lowest BCUT2D eigenvalue weighted by molar-refractivity contribution is -0.448. The van der Waals surface area contributed by atoms with Gasteiger partial charge in [-0.05, 0) is 0 Å². The van der Waals surface area contributed by atoms with Gasteiger partial charge in [0, 0.05) is 0 Å². The molecule has 0 aliphatic carbocycles. The van der Waals surface area contributed by atoms with Gasteiger partial charge in [0.25, 0.3) is 0 Å². The summed E-state index contributed by atoms with van der Waals surface area (Å²) in [6.45, 7) is -2.25. The minimum Gasteiger partial charge on any atom is -0.394 e. The maximum Gasteiger partial charge on any atom is 0.220 e. The van der Waals surface area contributed by atoms with Gasteiger partial charge in [-0.2, -0.15) is 0 Å². The molecule has 1 aliphatic rings. The lowest BCUT2D eigenvalue weighted by Crippen LogP contribution is -2.59. The molecular formula is C11H22O11. The molecule has 0 spiro atoms. The zero-order valence-corrected chi connectivity index (χ0v) is 11.5. The molecule has 1 heterocycles. The average molecular weight is 330 g/mol. The molecule has 1 rings (SSSR count). The summed E-state index contributed by atoms with van der Waals surface area (Å²) in [5.41, 5.74) is 0. The minimum absolute atomic E-state index is 0.667. The lowest BCUT2D eigenvalue weighted by atomic mass is 9.99. The molecule has 11 nitrogen and oxygen atoms in total. The maximum atomic E-state index is 9.66. The molecule has 0 saturated carbocycles. The van der Waals surface area contributed by atoms with Crippen LogP contribution in [-0.4, -0.2) is 110 Å². The van der Waals surface area contributed by atoms with Crippen molar-refractivity contribution in [3.63, 3.8) is 0 Å². The van der Waals surface area contributed by atoms with Crippen molar-refractivity contribution in [2.45, 2.75) is 49.0 Å². The molecule has 3 unspecified atom stereocenters. The molecule has 0 amide bonds. The number of hydrogen-bond donors (Lipinski definition) is 8. The van der Waals surface area contributed by atoms with Gasteiger partial charge in [-0.25, -0.2) is 9.78 Å². The van der Waals surface area contributed by atoms with Crippen LogP contribution in [0.4, 0.5) is 0 Å². The van der Waals surface area contributed by atoms with E-state index in [1.165, 1.54) is 0 Å². The molecule has 22 heavy (non-hydrogen) atoms. The molecule has 0 aromatic carbocycles. The second kappa shape index (κ2) is 9.00. The molecule has 1 fully saturated rings. The molecule has 0 radical (unpaired) electrons. The topological polar surface area (TPSA) is 190 Å². The fourth-order valence-electron chi connectivity index (χ4n) is 1.82. The highest BCUT2D eigenvalue weighted by Crippen LogP contribution is 2.22. The molecule has 0 bridgehead atoms. The van der Waals surface area contributed by atoms with Crippen LogP contribution >= 0.6 is 0 Å². The van der Waals surface area contributed by atoms with Crippen LogP contribution in [0.3, 0.4) is 0 Å². The molecule has 8 N–H and O–H groups in total. The van der Waals surface area contributed by atoms with Crippen molar-refractivity contribution in [3.05, 3.63) is 0 Å². The molecule has 1 saturated heterocycles. The van der Waals surface area contributed by atoms with Crippen LogP contribution in [0.15, 0.2) is 0 Å². The quantitative estimate of drug-likeness (QED) is 0.157. The Labute approximate surface area is 125 Å². The largest absolute Gasteiger partial charge is 0.394 e. The standard InChI is InChI=1S/C11H22O11/c12-1-4(15)7(16)6(3-14)21-22-11-10(19)9(18)8(17)5(2-13)20-11/h4-19H,1-3H2/t4?,5?,6-,7-,8-,9?,10+,11-/m1/s1. The van der Waals surface area contributed by atoms with E-state index >= 15 is 0 Å². The first-order valence-electron chi connectivity index (χ1n) is 6.57. The Morgan fingerprint density at radius 2 is 1.55 bits per heavy atom. The van der Waals surface area contributed by atoms with Crippen LogP contribution in [0.5, 0.6) is 0 Å². The van der Waals surface area contributed by atoms with E-state index in [0.29, 0.717) is 0 Å². The predicted molar refractivity (Wildman–Crippen MR) is 65.9 cm³/mol. The highest BCUT2D eigenvalue weighted by atomic mass is 17.2. The summed E-state index contributed by atoms with van der Waals surface area (Å²) in [5.74, 6) is 0. The molecular weight excluding hydrogens is 308 g/mol. The van der Waals surface area contributed by atoms with E-state index in [1.54, 1.807) is 0 Å². The third-order valence-electron chi connectivity index (χ3n) is 3.26.